The minimum absolute atomic E-state index is 0.242. The molecule has 3 rings (SSSR count). The summed E-state index contributed by atoms with van der Waals surface area (Å²) in [6, 6.07) is 18.1. The maximum Gasteiger partial charge on any atom is 0.312 e. The predicted octanol–water partition coefficient (Wildman–Crippen LogP) is 3.88. The molecule has 0 heterocycles. The second-order valence-corrected chi connectivity index (χ2v) is 8.19. The van der Waals surface area contributed by atoms with Crippen LogP contribution >= 0.6 is 11.6 Å². The number of nitrogens with two attached hydrogens (primary N) is 1. The molecule has 0 spiro atoms. The van der Waals surface area contributed by atoms with Gasteiger partial charge in [0.1, 0.15) is 5.75 Å². The van der Waals surface area contributed by atoms with Crippen LogP contribution in [0.3, 0.4) is 0 Å². The molecule has 1 atom stereocenters. The van der Waals surface area contributed by atoms with Gasteiger partial charge in [-0.1, -0.05) is 35.9 Å². The molecule has 3 aromatic carbocycles. The number of ether oxygens (including phenoxy) is 2. The van der Waals surface area contributed by atoms with Gasteiger partial charge in [0.15, 0.2) is 6.61 Å². The molecule has 37 heavy (non-hydrogen) atoms. The Hall–Kier alpha value is -4.57. The lowest BCUT2D eigenvalue weighted by atomic mass is 10.0. The molecule has 0 bridgehead atoms. The Balaban J connectivity index is 1.50. The van der Waals surface area contributed by atoms with Gasteiger partial charge in [-0.05, 0) is 54.1 Å². The normalized spacial score (nSPS) is 11.1. The number of hydrogen-bond acceptors (Lipinski definition) is 6. The van der Waals surface area contributed by atoms with E-state index >= 15 is 0 Å². The van der Waals surface area contributed by atoms with Gasteiger partial charge >= 0.3 is 12.0 Å². The highest BCUT2D eigenvalue weighted by molar-refractivity contribution is 6.30. The van der Waals surface area contributed by atoms with Crippen molar-refractivity contribution in [2.24, 2.45) is 5.73 Å². The molecular weight excluding hydrogens is 500 g/mol. The van der Waals surface area contributed by atoms with Gasteiger partial charge in [-0.3, -0.25) is 14.4 Å². The average Bonchev–Trinajstić information content (AvgIpc) is 2.88. The Kier molecular flexibility index (Phi) is 9.45. The second kappa shape index (κ2) is 12.9. The Bertz CT molecular complexity index is 1260. The molecule has 0 saturated heterocycles. The van der Waals surface area contributed by atoms with Crippen LogP contribution in [0.25, 0.3) is 0 Å². The molecule has 0 aliphatic carbocycles. The molecule has 0 aliphatic rings. The highest BCUT2D eigenvalue weighted by Gasteiger charge is 2.19. The summed E-state index contributed by atoms with van der Waals surface area (Å²) < 4.78 is 10.3. The number of methoxy groups -OCH3 is 1. The van der Waals surface area contributed by atoms with Gasteiger partial charge in [0, 0.05) is 16.3 Å². The Labute approximate surface area is 218 Å². The van der Waals surface area contributed by atoms with Crippen molar-refractivity contribution in [3.05, 3.63) is 88.9 Å². The molecule has 10 nitrogen and oxygen atoms in total. The van der Waals surface area contributed by atoms with Crippen LogP contribution in [0, 0.1) is 0 Å². The minimum Gasteiger partial charge on any atom is -0.495 e. The van der Waals surface area contributed by atoms with E-state index in [0.717, 1.165) is 0 Å². The summed E-state index contributed by atoms with van der Waals surface area (Å²) in [5.41, 5.74) is 7.10. The van der Waals surface area contributed by atoms with Gasteiger partial charge in [-0.25, -0.2) is 4.79 Å². The van der Waals surface area contributed by atoms with Gasteiger partial charge in [0.05, 0.1) is 25.3 Å². The fourth-order valence-corrected chi connectivity index (χ4v) is 3.46. The molecule has 11 heteroatoms. The smallest absolute Gasteiger partial charge is 0.312 e. The van der Waals surface area contributed by atoms with Crippen molar-refractivity contribution in [3.8, 4) is 5.75 Å². The van der Waals surface area contributed by atoms with E-state index in [2.05, 4.69) is 16.0 Å². The Morgan fingerprint density at radius 2 is 1.59 bits per heavy atom. The predicted molar refractivity (Wildman–Crippen MR) is 139 cm³/mol. The summed E-state index contributed by atoms with van der Waals surface area (Å²) in [7, 11) is 1.51. The molecule has 1 unspecified atom stereocenters. The fraction of sp³-hybridized carbons (Fsp3) is 0.154. The van der Waals surface area contributed by atoms with E-state index in [-0.39, 0.29) is 12.3 Å². The van der Waals surface area contributed by atoms with Gasteiger partial charge < -0.3 is 31.2 Å². The van der Waals surface area contributed by atoms with Crippen molar-refractivity contribution >= 4 is 46.8 Å². The fourth-order valence-electron chi connectivity index (χ4n) is 3.34. The van der Waals surface area contributed by atoms with Gasteiger partial charge in [0.25, 0.3) is 11.8 Å². The molecule has 5 N–H and O–H groups in total. The molecule has 0 saturated carbocycles. The Morgan fingerprint density at radius 3 is 2.24 bits per heavy atom. The zero-order valence-corrected chi connectivity index (χ0v) is 20.6. The van der Waals surface area contributed by atoms with Crippen molar-refractivity contribution in [1.82, 2.24) is 5.32 Å². The summed E-state index contributed by atoms with van der Waals surface area (Å²) in [6.07, 6.45) is -0.242. The van der Waals surface area contributed by atoms with E-state index in [1.165, 1.54) is 7.11 Å². The summed E-state index contributed by atoms with van der Waals surface area (Å²) >= 11 is 5.87. The number of carbonyl (C=O) groups excluding carboxylic acids is 4. The Morgan fingerprint density at radius 1 is 0.919 bits per heavy atom. The van der Waals surface area contributed by atoms with Crippen LogP contribution in [0.1, 0.15) is 28.4 Å². The van der Waals surface area contributed by atoms with Gasteiger partial charge in [-0.2, -0.15) is 0 Å². The SMILES string of the molecule is COc1ccccc1NC(=O)c1ccc(NC(=O)COC(=O)CC(NC(N)=O)c2ccc(Cl)cc2)cc1. The van der Waals surface area contributed by atoms with Crippen molar-refractivity contribution in [2.45, 2.75) is 12.5 Å². The third-order valence-electron chi connectivity index (χ3n) is 5.11. The number of urea groups is 1. The lowest BCUT2D eigenvalue weighted by molar-refractivity contribution is -0.147. The summed E-state index contributed by atoms with van der Waals surface area (Å²) in [4.78, 5) is 48.3. The number of para-hydroxylation sites is 2. The molecule has 4 amide bonds. The summed E-state index contributed by atoms with van der Waals surface area (Å²) in [6.45, 7) is -0.543. The molecule has 0 radical (unpaired) electrons. The standard InChI is InChI=1S/C26H25ClN4O6/c1-36-22-5-3-2-4-20(22)30-25(34)17-8-12-19(13-9-17)29-23(32)15-37-24(33)14-21(31-26(28)35)16-6-10-18(27)11-7-16/h2-13,21H,14-15H2,1H3,(H,29,32)(H,30,34)(H3,28,31,35). The third kappa shape index (κ3) is 8.25. The number of anilines is 2. The van der Waals surface area contributed by atoms with E-state index < -0.39 is 30.6 Å². The van der Waals surface area contributed by atoms with Crippen LogP contribution < -0.4 is 26.4 Å². The molecule has 192 valence electrons. The number of primary amides is 1. The van der Waals surface area contributed by atoms with Crippen molar-refractivity contribution in [3.63, 3.8) is 0 Å². The van der Waals surface area contributed by atoms with E-state index in [9.17, 15) is 19.2 Å². The quantitative estimate of drug-likeness (QED) is 0.296. The molecule has 0 aliphatic heterocycles. The van der Waals surface area contributed by atoms with Crippen LogP contribution in [0.2, 0.25) is 5.02 Å². The summed E-state index contributed by atoms with van der Waals surface area (Å²) in [5, 5.41) is 8.30. The van der Waals surface area contributed by atoms with Crippen molar-refractivity contribution in [1.29, 1.82) is 0 Å². The highest BCUT2D eigenvalue weighted by atomic mass is 35.5. The van der Waals surface area contributed by atoms with E-state index in [1.54, 1.807) is 72.8 Å². The molecule has 3 aromatic rings. The minimum atomic E-state index is -0.814. The van der Waals surface area contributed by atoms with Crippen LogP contribution in [-0.4, -0.2) is 37.5 Å². The average molecular weight is 525 g/mol. The second-order valence-electron chi connectivity index (χ2n) is 7.76. The number of rotatable bonds is 10. The van der Waals surface area contributed by atoms with Crippen LogP contribution in [0.5, 0.6) is 5.75 Å². The van der Waals surface area contributed by atoms with E-state index in [4.69, 9.17) is 26.8 Å². The number of nitrogens with one attached hydrogen (secondary N) is 3. The van der Waals surface area contributed by atoms with Crippen LogP contribution in [0.4, 0.5) is 16.2 Å². The largest absolute Gasteiger partial charge is 0.495 e. The van der Waals surface area contributed by atoms with Crippen LogP contribution in [-0.2, 0) is 14.3 Å². The number of esters is 1. The van der Waals surface area contributed by atoms with E-state index in [1.807, 2.05) is 0 Å². The van der Waals surface area contributed by atoms with Gasteiger partial charge in [0.2, 0.25) is 0 Å². The number of hydrogen-bond donors (Lipinski definition) is 4. The topological polar surface area (TPSA) is 149 Å². The third-order valence-corrected chi connectivity index (χ3v) is 5.36. The maximum absolute atomic E-state index is 12.5. The van der Waals surface area contributed by atoms with Crippen molar-refractivity contribution < 1.29 is 28.7 Å². The number of carbonyl (C=O) groups is 4. The van der Waals surface area contributed by atoms with Crippen molar-refractivity contribution in [2.75, 3.05) is 24.4 Å². The van der Waals surface area contributed by atoms with Gasteiger partial charge in [-0.15, -0.1) is 0 Å². The molecule has 0 aromatic heterocycles. The maximum atomic E-state index is 12.5. The lowest BCUT2D eigenvalue weighted by Gasteiger charge is -2.17. The zero-order valence-electron chi connectivity index (χ0n) is 19.8. The zero-order chi connectivity index (χ0) is 26.8. The first-order valence-corrected chi connectivity index (χ1v) is 11.4. The lowest BCUT2D eigenvalue weighted by Crippen LogP contribution is -2.35. The van der Waals surface area contributed by atoms with Crippen LogP contribution in [0.15, 0.2) is 72.8 Å². The first kappa shape index (κ1) is 27.0. The highest BCUT2D eigenvalue weighted by Crippen LogP contribution is 2.24. The molecular formula is C26H25ClN4O6. The number of benzene rings is 3. The monoisotopic (exact) mass is 524 g/mol. The number of halogens is 1. The number of amides is 4. The first-order chi connectivity index (χ1) is 17.7. The summed E-state index contributed by atoms with van der Waals surface area (Å²) in [5.74, 6) is -1.12. The van der Waals surface area contributed by atoms with E-state index in [0.29, 0.717) is 33.3 Å². The molecule has 0 fully saturated rings. The first-order valence-electron chi connectivity index (χ1n) is 11.1.